The van der Waals surface area contributed by atoms with Crippen LogP contribution in [0.15, 0.2) is 53.4 Å². The van der Waals surface area contributed by atoms with Gasteiger partial charge >= 0.3 is 5.97 Å². The summed E-state index contributed by atoms with van der Waals surface area (Å²) in [5.74, 6) is -0.566. The van der Waals surface area contributed by atoms with Gasteiger partial charge in [-0.15, -0.1) is 0 Å². The molecule has 0 saturated carbocycles. The van der Waals surface area contributed by atoms with Gasteiger partial charge in [-0.3, -0.25) is 14.5 Å². The Labute approximate surface area is 201 Å². The molecule has 0 unspecified atom stereocenters. The summed E-state index contributed by atoms with van der Waals surface area (Å²) < 4.78 is 5.15. The quantitative estimate of drug-likeness (QED) is 0.264. The molecule has 0 bridgehead atoms. The maximum absolute atomic E-state index is 12.4. The average Bonchev–Trinajstić information content (AvgIpc) is 3.06. The minimum Gasteiger partial charge on any atom is -0.497 e. The van der Waals surface area contributed by atoms with Gasteiger partial charge in [0, 0.05) is 13.0 Å². The molecule has 33 heavy (non-hydrogen) atoms. The van der Waals surface area contributed by atoms with Crippen molar-refractivity contribution in [3.63, 3.8) is 0 Å². The SMILES string of the molecule is COc1ccc(/C=C2\SC(=O)N(CCCCCC(=O)Nc3ccccc3C(=O)O)C2=S)cc1. The maximum Gasteiger partial charge on any atom is 0.337 e. The Morgan fingerprint density at radius 3 is 2.55 bits per heavy atom. The van der Waals surface area contributed by atoms with Gasteiger partial charge in [0.2, 0.25) is 5.91 Å². The Morgan fingerprint density at radius 2 is 1.85 bits per heavy atom. The maximum atomic E-state index is 12.4. The zero-order valence-electron chi connectivity index (χ0n) is 18.1. The number of rotatable bonds is 10. The number of carboxylic acids is 1. The van der Waals surface area contributed by atoms with Gasteiger partial charge in [-0.2, -0.15) is 0 Å². The van der Waals surface area contributed by atoms with E-state index in [1.54, 1.807) is 30.2 Å². The lowest BCUT2D eigenvalue weighted by molar-refractivity contribution is -0.116. The first-order valence-corrected chi connectivity index (χ1v) is 11.6. The van der Waals surface area contributed by atoms with E-state index in [1.807, 2.05) is 30.3 Å². The number of anilines is 1. The van der Waals surface area contributed by atoms with Crippen LogP contribution >= 0.6 is 24.0 Å². The molecule has 1 aliphatic rings. The Bertz CT molecular complexity index is 1080. The van der Waals surface area contributed by atoms with Crippen LogP contribution in [0.25, 0.3) is 6.08 Å². The monoisotopic (exact) mass is 484 g/mol. The summed E-state index contributed by atoms with van der Waals surface area (Å²) in [5, 5.41) is 11.7. The molecule has 0 aliphatic carbocycles. The number of methoxy groups -OCH3 is 1. The molecule has 0 spiro atoms. The molecule has 0 atom stereocenters. The Hall–Kier alpha value is -3.17. The number of ether oxygens (including phenoxy) is 1. The first-order valence-electron chi connectivity index (χ1n) is 10.4. The van der Waals surface area contributed by atoms with E-state index in [-0.39, 0.29) is 28.8 Å². The molecule has 2 aromatic rings. The smallest absolute Gasteiger partial charge is 0.337 e. The van der Waals surface area contributed by atoms with Crippen molar-refractivity contribution in [2.24, 2.45) is 0 Å². The molecule has 2 aromatic carbocycles. The number of benzene rings is 2. The molecule has 0 aromatic heterocycles. The lowest BCUT2D eigenvalue weighted by atomic mass is 10.1. The second-order valence-electron chi connectivity index (χ2n) is 7.32. The first kappa shape index (κ1) is 24.5. The van der Waals surface area contributed by atoms with Gasteiger partial charge in [0.1, 0.15) is 10.7 Å². The molecule has 2 N–H and O–H groups in total. The first-order chi connectivity index (χ1) is 15.9. The zero-order chi connectivity index (χ0) is 23.8. The Balaban J connectivity index is 1.43. The van der Waals surface area contributed by atoms with Crippen molar-refractivity contribution in [3.05, 3.63) is 64.6 Å². The third kappa shape index (κ3) is 6.66. The molecule has 172 valence electrons. The highest BCUT2D eigenvalue weighted by molar-refractivity contribution is 8.19. The number of amides is 2. The molecular weight excluding hydrogens is 460 g/mol. The van der Waals surface area contributed by atoms with Crippen LogP contribution in [0.3, 0.4) is 0 Å². The summed E-state index contributed by atoms with van der Waals surface area (Å²) >= 11 is 6.62. The molecule has 2 amide bonds. The number of thiocarbonyl (C=S) groups is 1. The van der Waals surface area contributed by atoms with Crippen molar-refractivity contribution in [2.75, 3.05) is 19.0 Å². The number of thioether (sulfide) groups is 1. The number of hydrogen-bond acceptors (Lipinski definition) is 6. The number of aromatic carboxylic acids is 1. The summed E-state index contributed by atoms with van der Waals surface area (Å²) in [4.78, 5) is 38.6. The highest BCUT2D eigenvalue weighted by atomic mass is 32.2. The predicted molar refractivity (Wildman–Crippen MR) is 134 cm³/mol. The van der Waals surface area contributed by atoms with Crippen LogP contribution in [-0.4, -0.2) is 45.8 Å². The minimum absolute atomic E-state index is 0.0582. The van der Waals surface area contributed by atoms with Gasteiger partial charge in [-0.25, -0.2) is 4.79 Å². The summed E-state index contributed by atoms with van der Waals surface area (Å²) in [6.07, 6.45) is 4.23. The van der Waals surface area contributed by atoms with E-state index in [1.165, 1.54) is 6.07 Å². The molecule has 1 saturated heterocycles. The van der Waals surface area contributed by atoms with Crippen molar-refractivity contribution in [1.82, 2.24) is 4.90 Å². The molecule has 1 fully saturated rings. The van der Waals surface area contributed by atoms with E-state index < -0.39 is 5.97 Å². The third-order valence-electron chi connectivity index (χ3n) is 5.00. The fourth-order valence-electron chi connectivity index (χ4n) is 3.27. The van der Waals surface area contributed by atoms with Gasteiger partial charge in [0.15, 0.2) is 0 Å². The van der Waals surface area contributed by atoms with Gasteiger partial charge < -0.3 is 15.2 Å². The molecule has 0 radical (unpaired) electrons. The number of unbranched alkanes of at least 4 members (excludes halogenated alkanes) is 2. The van der Waals surface area contributed by atoms with Crippen LogP contribution in [0.4, 0.5) is 10.5 Å². The summed E-state index contributed by atoms with van der Waals surface area (Å²) in [5.41, 5.74) is 1.28. The Morgan fingerprint density at radius 1 is 1.12 bits per heavy atom. The van der Waals surface area contributed by atoms with Crippen molar-refractivity contribution in [1.29, 1.82) is 0 Å². The normalized spacial score (nSPS) is 14.6. The number of nitrogens with zero attached hydrogens (tertiary/aromatic N) is 1. The van der Waals surface area contributed by atoms with E-state index in [9.17, 15) is 19.5 Å². The van der Waals surface area contributed by atoms with E-state index >= 15 is 0 Å². The molecule has 1 heterocycles. The molecule has 9 heteroatoms. The number of para-hydroxylation sites is 1. The molecule has 7 nitrogen and oxygen atoms in total. The van der Waals surface area contributed by atoms with Crippen molar-refractivity contribution < 1.29 is 24.2 Å². The van der Waals surface area contributed by atoms with Crippen LogP contribution in [-0.2, 0) is 4.79 Å². The second kappa shape index (κ2) is 11.6. The van der Waals surface area contributed by atoms with Crippen molar-refractivity contribution in [2.45, 2.75) is 25.7 Å². The highest BCUT2D eigenvalue weighted by Gasteiger charge is 2.31. The third-order valence-corrected chi connectivity index (χ3v) is 6.50. The number of carbonyl (C=O) groups is 3. The number of carbonyl (C=O) groups excluding carboxylic acids is 2. The van der Waals surface area contributed by atoms with Crippen LogP contribution in [0, 0.1) is 0 Å². The topological polar surface area (TPSA) is 95.9 Å². The fraction of sp³-hybridized carbons (Fsp3) is 0.250. The van der Waals surface area contributed by atoms with Gasteiger partial charge in [-0.1, -0.05) is 42.9 Å². The number of carboxylic acid groups (broad SMARTS) is 1. The van der Waals surface area contributed by atoms with E-state index in [2.05, 4.69) is 5.32 Å². The second-order valence-corrected chi connectivity index (χ2v) is 8.70. The Kier molecular flexibility index (Phi) is 8.62. The largest absolute Gasteiger partial charge is 0.497 e. The molecule has 1 aliphatic heterocycles. The minimum atomic E-state index is -1.09. The number of nitrogens with one attached hydrogen (secondary N) is 1. The molecular formula is C24H24N2O5S2. The van der Waals surface area contributed by atoms with Crippen LogP contribution in [0.1, 0.15) is 41.6 Å². The van der Waals surface area contributed by atoms with E-state index in [0.717, 1.165) is 34.4 Å². The zero-order valence-corrected chi connectivity index (χ0v) is 19.7. The van der Waals surface area contributed by atoms with Crippen LogP contribution in [0.2, 0.25) is 0 Å². The van der Waals surface area contributed by atoms with E-state index in [0.29, 0.717) is 24.4 Å². The van der Waals surface area contributed by atoms with Gasteiger partial charge in [-0.05, 0) is 60.5 Å². The number of hydrogen-bond donors (Lipinski definition) is 2. The summed E-state index contributed by atoms with van der Waals surface area (Å²) in [6.45, 7) is 0.494. The van der Waals surface area contributed by atoms with Crippen LogP contribution in [0.5, 0.6) is 5.75 Å². The lowest BCUT2D eigenvalue weighted by Gasteiger charge is -2.14. The highest BCUT2D eigenvalue weighted by Crippen LogP contribution is 2.33. The molecule has 3 rings (SSSR count). The standard InChI is InChI=1S/C24H24N2O5S2/c1-31-17-12-10-16(11-13-17)15-20-22(32)26(24(30)33-20)14-6-2-3-9-21(27)25-19-8-5-4-7-18(19)23(28)29/h4-5,7-8,10-13,15H,2-3,6,9,14H2,1H3,(H,25,27)(H,28,29)/b20-15-. The van der Waals surface area contributed by atoms with E-state index in [4.69, 9.17) is 17.0 Å². The average molecular weight is 485 g/mol. The van der Waals surface area contributed by atoms with Crippen LogP contribution < -0.4 is 10.1 Å². The lowest BCUT2D eigenvalue weighted by Crippen LogP contribution is -2.28. The predicted octanol–water partition coefficient (Wildman–Crippen LogP) is 5.43. The fourth-order valence-corrected chi connectivity index (χ4v) is 4.56. The summed E-state index contributed by atoms with van der Waals surface area (Å²) in [7, 11) is 1.61. The van der Waals surface area contributed by atoms with Crippen molar-refractivity contribution >= 4 is 57.8 Å². The summed E-state index contributed by atoms with van der Waals surface area (Å²) in [6, 6.07) is 13.8. The van der Waals surface area contributed by atoms with Gasteiger partial charge in [0.25, 0.3) is 5.24 Å². The van der Waals surface area contributed by atoms with Crippen molar-refractivity contribution in [3.8, 4) is 5.75 Å². The van der Waals surface area contributed by atoms with Gasteiger partial charge in [0.05, 0.1) is 23.3 Å².